The largest absolute Gasteiger partial charge is 0.427 e. The van der Waals surface area contributed by atoms with E-state index in [2.05, 4.69) is 0 Å². The van der Waals surface area contributed by atoms with Crippen molar-refractivity contribution in [2.45, 2.75) is 38.0 Å². The first kappa shape index (κ1) is 25.1. The van der Waals surface area contributed by atoms with Gasteiger partial charge in [-0.2, -0.15) is 26.3 Å². The minimum atomic E-state index is -4.97. The maximum Gasteiger partial charge on any atom is 0.419 e. The van der Waals surface area contributed by atoms with Gasteiger partial charge in [0.2, 0.25) is 0 Å². The number of alkyl halides is 6. The lowest BCUT2D eigenvalue weighted by Crippen LogP contribution is -2.12. The average Bonchev–Trinajstić information content (AvgIpc) is 2.66. The van der Waals surface area contributed by atoms with Crippen molar-refractivity contribution < 1.29 is 54.2 Å². The molecule has 2 rings (SSSR count). The third-order valence-corrected chi connectivity index (χ3v) is 3.96. The molecule has 0 atom stereocenters. The van der Waals surface area contributed by atoms with Crippen molar-refractivity contribution in [3.05, 3.63) is 59.2 Å². The zero-order valence-corrected chi connectivity index (χ0v) is 15.9. The Bertz CT molecular complexity index is 903. The summed E-state index contributed by atoms with van der Waals surface area (Å²) in [5.74, 6) is -5.96. The Morgan fingerprint density at radius 1 is 0.656 bits per heavy atom. The van der Waals surface area contributed by atoms with E-state index < -0.39 is 58.6 Å². The molecular formula is C20H14F8O4. The molecule has 0 bridgehead atoms. The predicted molar refractivity (Wildman–Crippen MR) is 92.5 cm³/mol. The van der Waals surface area contributed by atoms with Gasteiger partial charge in [-0.25, -0.2) is 8.78 Å². The fourth-order valence-electron chi connectivity index (χ4n) is 2.47. The Morgan fingerprint density at radius 3 is 1.31 bits per heavy atom. The molecule has 0 amide bonds. The second-order valence-electron chi connectivity index (χ2n) is 6.43. The summed E-state index contributed by atoms with van der Waals surface area (Å²) in [5.41, 5.74) is -3.19. The molecule has 0 N–H and O–H groups in total. The average molecular weight is 470 g/mol. The van der Waals surface area contributed by atoms with Gasteiger partial charge < -0.3 is 9.47 Å². The highest BCUT2D eigenvalue weighted by molar-refractivity contribution is 5.73. The molecule has 174 valence electrons. The van der Waals surface area contributed by atoms with Crippen LogP contribution in [-0.2, 0) is 21.9 Å². The summed E-state index contributed by atoms with van der Waals surface area (Å²) in [4.78, 5) is 23.4. The van der Waals surface area contributed by atoms with Gasteiger partial charge in [-0.05, 0) is 49.2 Å². The molecule has 0 saturated heterocycles. The van der Waals surface area contributed by atoms with Crippen molar-refractivity contribution in [1.29, 1.82) is 0 Å². The Hall–Kier alpha value is -3.18. The van der Waals surface area contributed by atoms with Crippen LogP contribution < -0.4 is 9.47 Å². The molecule has 2 aromatic rings. The highest BCUT2D eigenvalue weighted by Gasteiger charge is 2.35. The SMILES string of the molecule is O=C(CCCCC(=O)Oc1ccc(F)c(C(F)(F)F)c1)Oc1ccc(F)c(C(F)(F)F)c1. The van der Waals surface area contributed by atoms with Crippen LogP contribution in [0.5, 0.6) is 11.5 Å². The van der Waals surface area contributed by atoms with Crippen molar-refractivity contribution in [1.82, 2.24) is 0 Å². The number of rotatable bonds is 7. The lowest BCUT2D eigenvalue weighted by molar-refractivity contribution is -0.141. The Labute approximate surface area is 175 Å². The molecule has 0 aliphatic heterocycles. The van der Waals surface area contributed by atoms with Crippen LogP contribution in [0.2, 0.25) is 0 Å². The van der Waals surface area contributed by atoms with Crippen molar-refractivity contribution in [3.8, 4) is 11.5 Å². The minimum absolute atomic E-state index is 0.0402. The molecule has 12 heteroatoms. The molecule has 0 spiro atoms. The molecule has 0 aliphatic rings. The number of hydrogen-bond acceptors (Lipinski definition) is 4. The molecule has 0 unspecified atom stereocenters. The molecule has 0 heterocycles. The minimum Gasteiger partial charge on any atom is -0.427 e. The van der Waals surface area contributed by atoms with Crippen molar-refractivity contribution >= 4 is 11.9 Å². The van der Waals surface area contributed by atoms with Crippen LogP contribution in [0.1, 0.15) is 36.8 Å². The van der Waals surface area contributed by atoms with E-state index in [4.69, 9.17) is 9.47 Å². The summed E-state index contributed by atoms with van der Waals surface area (Å²) in [7, 11) is 0. The van der Waals surface area contributed by atoms with Gasteiger partial charge in [-0.1, -0.05) is 0 Å². The van der Waals surface area contributed by atoms with E-state index in [0.717, 1.165) is 12.1 Å². The molecule has 4 nitrogen and oxygen atoms in total. The Morgan fingerprint density at radius 2 is 1.00 bits per heavy atom. The Balaban J connectivity index is 1.80. The van der Waals surface area contributed by atoms with Crippen molar-refractivity contribution in [3.63, 3.8) is 0 Å². The number of benzene rings is 2. The summed E-state index contributed by atoms with van der Waals surface area (Å²) in [6, 6.07) is 3.36. The van der Waals surface area contributed by atoms with Crippen LogP contribution in [0.3, 0.4) is 0 Å². The lowest BCUT2D eigenvalue weighted by Gasteiger charge is -2.11. The first-order valence-corrected chi connectivity index (χ1v) is 8.92. The van der Waals surface area contributed by atoms with Gasteiger partial charge in [-0.15, -0.1) is 0 Å². The topological polar surface area (TPSA) is 52.6 Å². The Kier molecular flexibility index (Phi) is 7.81. The first-order chi connectivity index (χ1) is 14.8. The smallest absolute Gasteiger partial charge is 0.419 e. The summed E-state index contributed by atoms with van der Waals surface area (Å²) in [5, 5.41) is 0. The maximum atomic E-state index is 13.2. The second-order valence-corrected chi connectivity index (χ2v) is 6.43. The summed E-state index contributed by atoms with van der Waals surface area (Å²) >= 11 is 0. The third-order valence-electron chi connectivity index (χ3n) is 3.96. The summed E-state index contributed by atoms with van der Waals surface area (Å²) < 4.78 is 112. The zero-order chi connectivity index (χ0) is 24.1. The fraction of sp³-hybridized carbons (Fsp3) is 0.300. The monoisotopic (exact) mass is 470 g/mol. The fourth-order valence-corrected chi connectivity index (χ4v) is 2.47. The quantitative estimate of drug-likeness (QED) is 0.213. The number of ether oxygens (including phenoxy) is 2. The number of unbranched alkanes of at least 4 members (excludes halogenated alkanes) is 1. The predicted octanol–water partition coefficient (Wildman–Crippen LogP) is 6.07. The van der Waals surface area contributed by atoms with Gasteiger partial charge in [0.1, 0.15) is 23.1 Å². The molecule has 0 radical (unpaired) electrons. The number of hydrogen-bond donors (Lipinski definition) is 0. The van der Waals surface area contributed by atoms with Crippen LogP contribution in [0.15, 0.2) is 36.4 Å². The van der Waals surface area contributed by atoms with E-state index in [1.807, 2.05) is 0 Å². The molecule has 2 aromatic carbocycles. The van der Waals surface area contributed by atoms with Crippen LogP contribution in [-0.4, -0.2) is 11.9 Å². The van der Waals surface area contributed by atoms with Crippen molar-refractivity contribution in [2.24, 2.45) is 0 Å². The summed E-state index contributed by atoms with van der Waals surface area (Å²) in [6.45, 7) is 0. The van der Waals surface area contributed by atoms with E-state index in [0.29, 0.717) is 24.3 Å². The van der Waals surface area contributed by atoms with Gasteiger partial charge in [-0.3, -0.25) is 9.59 Å². The van der Waals surface area contributed by atoms with E-state index >= 15 is 0 Å². The lowest BCUT2D eigenvalue weighted by atomic mass is 10.2. The van der Waals surface area contributed by atoms with E-state index in [-0.39, 0.29) is 25.7 Å². The number of halogens is 8. The molecule has 0 aromatic heterocycles. The zero-order valence-electron chi connectivity index (χ0n) is 15.9. The number of carbonyl (C=O) groups is 2. The standard InChI is InChI=1S/C20H14F8O4/c21-15-7-5-11(9-13(15)19(23,24)25)31-17(29)3-1-2-4-18(30)32-12-6-8-16(22)14(10-12)20(26,27)28/h5-10H,1-4H2. The molecule has 0 fully saturated rings. The third kappa shape index (κ3) is 7.20. The number of carbonyl (C=O) groups excluding carboxylic acids is 2. The van der Waals surface area contributed by atoms with E-state index in [1.165, 1.54) is 0 Å². The van der Waals surface area contributed by atoms with Gasteiger partial charge in [0.15, 0.2) is 0 Å². The highest BCUT2D eigenvalue weighted by atomic mass is 19.4. The maximum absolute atomic E-state index is 13.2. The highest BCUT2D eigenvalue weighted by Crippen LogP contribution is 2.34. The van der Waals surface area contributed by atoms with E-state index in [1.54, 1.807) is 0 Å². The normalized spacial score (nSPS) is 11.9. The second kappa shape index (κ2) is 9.96. The summed E-state index contributed by atoms with van der Waals surface area (Å²) in [6.07, 6.45) is -10.5. The molecule has 32 heavy (non-hydrogen) atoms. The molecular weight excluding hydrogens is 456 g/mol. The number of esters is 2. The van der Waals surface area contributed by atoms with Gasteiger partial charge >= 0.3 is 24.3 Å². The van der Waals surface area contributed by atoms with Crippen LogP contribution in [0.25, 0.3) is 0 Å². The van der Waals surface area contributed by atoms with E-state index in [9.17, 15) is 44.7 Å². The first-order valence-electron chi connectivity index (χ1n) is 8.92. The van der Waals surface area contributed by atoms with Crippen LogP contribution in [0, 0.1) is 11.6 Å². The van der Waals surface area contributed by atoms with Gasteiger partial charge in [0.25, 0.3) is 0 Å². The molecule has 0 aliphatic carbocycles. The molecule has 0 saturated carbocycles. The van der Waals surface area contributed by atoms with Crippen LogP contribution in [0.4, 0.5) is 35.1 Å². The van der Waals surface area contributed by atoms with Crippen LogP contribution >= 0.6 is 0 Å². The van der Waals surface area contributed by atoms with Gasteiger partial charge in [0.05, 0.1) is 11.1 Å². The van der Waals surface area contributed by atoms with Crippen molar-refractivity contribution in [2.75, 3.05) is 0 Å². The van der Waals surface area contributed by atoms with Gasteiger partial charge in [0, 0.05) is 12.8 Å².